The molecule has 11 heteroatoms. The summed E-state index contributed by atoms with van der Waals surface area (Å²) in [5.41, 5.74) is 0. The summed E-state index contributed by atoms with van der Waals surface area (Å²) >= 11 is 4.41. The van der Waals surface area contributed by atoms with Crippen LogP contribution in [0.5, 0.6) is 0 Å². The van der Waals surface area contributed by atoms with Gasteiger partial charge in [-0.3, -0.25) is 4.79 Å². The molecule has 1 amide bonds. The summed E-state index contributed by atoms with van der Waals surface area (Å²) in [7, 11) is 0. The molecule has 194 valence electrons. The summed E-state index contributed by atoms with van der Waals surface area (Å²) in [6.07, 6.45) is 2.75. The van der Waals surface area contributed by atoms with E-state index in [-0.39, 0.29) is 25.3 Å². The van der Waals surface area contributed by atoms with Crippen molar-refractivity contribution < 1.29 is 42.7 Å². The van der Waals surface area contributed by atoms with Gasteiger partial charge in [0.25, 0.3) is 0 Å². The van der Waals surface area contributed by atoms with Crippen molar-refractivity contribution in [2.75, 3.05) is 92.4 Å². The average molecular weight is 496 g/mol. The highest BCUT2D eigenvalue weighted by atomic mass is 32.1. The molecule has 0 bridgehead atoms. The summed E-state index contributed by atoms with van der Waals surface area (Å²) in [6.45, 7) is 8.25. The molecule has 1 saturated heterocycles. The van der Waals surface area contributed by atoms with Gasteiger partial charge in [-0.2, -0.15) is 12.6 Å². The van der Waals surface area contributed by atoms with Crippen molar-refractivity contribution in [2.24, 2.45) is 0 Å². The summed E-state index contributed by atoms with van der Waals surface area (Å²) in [4.78, 5) is 24.7. The van der Waals surface area contributed by atoms with Gasteiger partial charge in [-0.05, 0) is 19.3 Å². The lowest BCUT2D eigenvalue weighted by Gasteiger charge is -2.28. The lowest BCUT2D eigenvalue weighted by Crippen LogP contribution is -2.39. The molecule has 0 aromatic heterocycles. The third-order valence-electron chi connectivity index (χ3n) is 4.61. The van der Waals surface area contributed by atoms with Crippen molar-refractivity contribution in [3.05, 3.63) is 0 Å². The van der Waals surface area contributed by atoms with Crippen LogP contribution in [-0.4, -0.2) is 115 Å². The van der Waals surface area contributed by atoms with Crippen molar-refractivity contribution in [1.29, 1.82) is 0 Å². The Labute approximate surface area is 202 Å². The molecule has 0 unspecified atom stereocenters. The zero-order valence-electron chi connectivity index (χ0n) is 19.9. The minimum Gasteiger partial charge on any atom is -0.463 e. The first-order valence-electron chi connectivity index (χ1n) is 11.8. The van der Waals surface area contributed by atoms with Gasteiger partial charge < -0.3 is 38.1 Å². The number of piperidine rings is 1. The molecule has 1 aliphatic rings. The second-order valence-electron chi connectivity index (χ2n) is 7.36. The quantitative estimate of drug-likeness (QED) is 0.154. The molecule has 0 radical (unpaired) electrons. The first-order chi connectivity index (χ1) is 16.1. The molecule has 0 spiro atoms. The van der Waals surface area contributed by atoms with Crippen LogP contribution in [0.4, 0.5) is 4.79 Å². The van der Waals surface area contributed by atoms with Crippen molar-refractivity contribution in [1.82, 2.24) is 4.90 Å². The standard InChI is InChI=1S/C22H41NO9S/c1-2-3-21(24)31-18-16-29-14-12-27-10-8-26-9-11-28-13-15-30-17-19-32-22(25)23-6-4-20(33)5-7-23/h20,33H,2-19H2,1H3. The van der Waals surface area contributed by atoms with E-state index >= 15 is 0 Å². The van der Waals surface area contributed by atoms with Crippen LogP contribution in [0.25, 0.3) is 0 Å². The van der Waals surface area contributed by atoms with Crippen LogP contribution >= 0.6 is 12.6 Å². The Balaban J connectivity index is 1.71. The van der Waals surface area contributed by atoms with Crippen molar-refractivity contribution in [3.8, 4) is 0 Å². The van der Waals surface area contributed by atoms with Crippen LogP contribution in [-0.2, 0) is 38.0 Å². The highest BCUT2D eigenvalue weighted by molar-refractivity contribution is 7.80. The van der Waals surface area contributed by atoms with E-state index in [4.69, 9.17) is 33.2 Å². The van der Waals surface area contributed by atoms with Crippen LogP contribution in [0.2, 0.25) is 0 Å². The third kappa shape index (κ3) is 18.0. The Morgan fingerprint density at radius 1 is 0.697 bits per heavy atom. The lowest BCUT2D eigenvalue weighted by atomic mass is 10.1. The summed E-state index contributed by atoms with van der Waals surface area (Å²) in [5.74, 6) is -0.190. The van der Waals surface area contributed by atoms with E-state index in [1.54, 1.807) is 4.90 Å². The average Bonchev–Trinajstić information content (AvgIpc) is 2.81. The Kier molecular flexibility index (Phi) is 19.4. The number of likely N-dealkylation sites (tertiary alicyclic amines) is 1. The van der Waals surface area contributed by atoms with E-state index in [0.29, 0.717) is 90.8 Å². The number of amides is 1. The number of nitrogens with zero attached hydrogens (tertiary/aromatic N) is 1. The van der Waals surface area contributed by atoms with Gasteiger partial charge in [-0.25, -0.2) is 4.79 Å². The van der Waals surface area contributed by atoms with E-state index in [1.807, 2.05) is 6.92 Å². The highest BCUT2D eigenvalue weighted by Gasteiger charge is 2.21. The Hall–Kier alpha value is -1.11. The first kappa shape index (κ1) is 29.9. The van der Waals surface area contributed by atoms with E-state index < -0.39 is 0 Å². The summed E-state index contributed by atoms with van der Waals surface area (Å²) in [6, 6.07) is 0. The van der Waals surface area contributed by atoms with Gasteiger partial charge in [0.05, 0.1) is 66.1 Å². The minimum atomic E-state index is -0.283. The number of hydrogen-bond donors (Lipinski definition) is 1. The number of ether oxygens (including phenoxy) is 7. The lowest BCUT2D eigenvalue weighted by molar-refractivity contribution is -0.145. The summed E-state index contributed by atoms with van der Waals surface area (Å²) < 4.78 is 37.1. The van der Waals surface area contributed by atoms with Gasteiger partial charge in [0.15, 0.2) is 0 Å². The monoisotopic (exact) mass is 495 g/mol. The van der Waals surface area contributed by atoms with E-state index in [1.165, 1.54) is 0 Å². The van der Waals surface area contributed by atoms with E-state index in [2.05, 4.69) is 12.6 Å². The van der Waals surface area contributed by atoms with Crippen LogP contribution in [0.1, 0.15) is 32.6 Å². The first-order valence-corrected chi connectivity index (χ1v) is 12.3. The van der Waals surface area contributed by atoms with Gasteiger partial charge in [0.1, 0.15) is 13.2 Å². The topological polar surface area (TPSA) is 102 Å². The largest absolute Gasteiger partial charge is 0.463 e. The zero-order valence-corrected chi connectivity index (χ0v) is 20.8. The SMILES string of the molecule is CCCC(=O)OCCOCCOCCOCCOCCOCCOC(=O)N1CCC(S)CC1. The maximum absolute atomic E-state index is 11.9. The number of thiol groups is 1. The minimum absolute atomic E-state index is 0.190. The molecule has 0 aromatic rings. The van der Waals surface area contributed by atoms with Gasteiger partial charge >= 0.3 is 12.1 Å². The fourth-order valence-electron chi connectivity index (χ4n) is 2.80. The van der Waals surface area contributed by atoms with Gasteiger partial charge in [0, 0.05) is 24.8 Å². The summed E-state index contributed by atoms with van der Waals surface area (Å²) in [5, 5.41) is 0.377. The number of rotatable bonds is 20. The Morgan fingerprint density at radius 3 is 1.52 bits per heavy atom. The van der Waals surface area contributed by atoms with Gasteiger partial charge in [-0.15, -0.1) is 0 Å². The van der Waals surface area contributed by atoms with Crippen molar-refractivity contribution >= 4 is 24.7 Å². The molecule has 0 aromatic carbocycles. The zero-order chi connectivity index (χ0) is 24.0. The van der Waals surface area contributed by atoms with Gasteiger partial charge in [0.2, 0.25) is 0 Å². The Morgan fingerprint density at radius 2 is 1.09 bits per heavy atom. The number of carbonyl (C=O) groups is 2. The van der Waals surface area contributed by atoms with Crippen molar-refractivity contribution in [3.63, 3.8) is 0 Å². The molecule has 1 aliphatic heterocycles. The smallest absolute Gasteiger partial charge is 0.409 e. The molecule has 0 atom stereocenters. The fraction of sp³-hybridized carbons (Fsp3) is 0.909. The van der Waals surface area contributed by atoms with Crippen LogP contribution in [0.3, 0.4) is 0 Å². The molecule has 1 heterocycles. The van der Waals surface area contributed by atoms with Crippen LogP contribution in [0.15, 0.2) is 0 Å². The molecule has 0 saturated carbocycles. The molecule has 10 nitrogen and oxygen atoms in total. The molecule has 33 heavy (non-hydrogen) atoms. The second kappa shape index (κ2) is 21.4. The maximum atomic E-state index is 11.9. The molecule has 1 fully saturated rings. The van der Waals surface area contributed by atoms with Crippen molar-refractivity contribution in [2.45, 2.75) is 37.9 Å². The van der Waals surface area contributed by atoms with E-state index in [0.717, 1.165) is 19.3 Å². The molecular formula is C22H41NO9S. The molecule has 0 N–H and O–H groups in total. The van der Waals surface area contributed by atoms with Gasteiger partial charge in [-0.1, -0.05) is 6.92 Å². The maximum Gasteiger partial charge on any atom is 0.409 e. The number of hydrogen-bond acceptors (Lipinski definition) is 10. The fourth-order valence-corrected chi connectivity index (χ4v) is 3.03. The number of carbonyl (C=O) groups excluding carboxylic acids is 2. The van der Waals surface area contributed by atoms with Crippen LogP contribution < -0.4 is 0 Å². The predicted octanol–water partition coefficient (Wildman–Crippen LogP) is 1.94. The molecule has 1 rings (SSSR count). The second-order valence-corrected chi connectivity index (χ2v) is 8.10. The Bertz CT molecular complexity index is 490. The normalized spacial score (nSPS) is 14.4. The highest BCUT2D eigenvalue weighted by Crippen LogP contribution is 2.15. The predicted molar refractivity (Wildman–Crippen MR) is 125 cm³/mol. The molecule has 0 aliphatic carbocycles. The molecular weight excluding hydrogens is 454 g/mol. The van der Waals surface area contributed by atoms with E-state index in [9.17, 15) is 9.59 Å². The van der Waals surface area contributed by atoms with Crippen LogP contribution in [0, 0.1) is 0 Å². The third-order valence-corrected chi connectivity index (χ3v) is 5.13. The number of esters is 1.